The first-order valence-electron chi connectivity index (χ1n) is 9.19. The normalized spacial score (nSPS) is 14.2. The SMILES string of the molecule is Cc1ccc(S(=O)(=O)N2Cc3cc(=O)n(Cc4ccccc4)c(C)c3C2)cc1. The van der Waals surface area contributed by atoms with Gasteiger partial charge < -0.3 is 4.57 Å². The van der Waals surface area contributed by atoms with E-state index in [0.29, 0.717) is 6.54 Å². The van der Waals surface area contributed by atoms with Crippen molar-refractivity contribution in [1.82, 2.24) is 8.87 Å². The molecule has 28 heavy (non-hydrogen) atoms. The van der Waals surface area contributed by atoms with E-state index in [1.165, 1.54) is 4.31 Å². The van der Waals surface area contributed by atoms with Crippen LogP contribution >= 0.6 is 0 Å². The van der Waals surface area contributed by atoms with Crippen molar-refractivity contribution in [3.63, 3.8) is 0 Å². The van der Waals surface area contributed by atoms with Crippen LogP contribution in [0.15, 0.2) is 70.4 Å². The van der Waals surface area contributed by atoms with Crippen LogP contribution in [0.4, 0.5) is 0 Å². The minimum atomic E-state index is -3.60. The predicted octanol–water partition coefficient (Wildman–Crippen LogP) is 3.22. The average molecular weight is 394 g/mol. The number of hydrogen-bond donors (Lipinski definition) is 0. The molecule has 3 aromatic rings. The Kier molecular flexibility index (Phi) is 4.69. The molecule has 2 heterocycles. The Morgan fingerprint density at radius 2 is 1.61 bits per heavy atom. The van der Waals surface area contributed by atoms with Gasteiger partial charge in [-0.2, -0.15) is 4.31 Å². The van der Waals surface area contributed by atoms with Gasteiger partial charge in [-0.1, -0.05) is 48.0 Å². The molecule has 6 heteroatoms. The van der Waals surface area contributed by atoms with Crippen molar-refractivity contribution < 1.29 is 8.42 Å². The van der Waals surface area contributed by atoms with Gasteiger partial charge in [-0.25, -0.2) is 8.42 Å². The topological polar surface area (TPSA) is 59.4 Å². The molecular formula is C22H22N2O3S. The van der Waals surface area contributed by atoms with E-state index in [0.717, 1.165) is 27.9 Å². The molecule has 5 nitrogen and oxygen atoms in total. The fourth-order valence-corrected chi connectivity index (χ4v) is 5.03. The summed E-state index contributed by atoms with van der Waals surface area (Å²) in [5.41, 5.74) is 4.49. The molecule has 0 aliphatic carbocycles. The Bertz CT molecular complexity index is 1180. The summed E-state index contributed by atoms with van der Waals surface area (Å²) in [6, 6.07) is 18.2. The molecule has 0 saturated heterocycles. The molecule has 1 aromatic heterocycles. The summed E-state index contributed by atoms with van der Waals surface area (Å²) in [7, 11) is -3.60. The molecule has 4 rings (SSSR count). The summed E-state index contributed by atoms with van der Waals surface area (Å²) in [6.07, 6.45) is 0. The molecule has 0 unspecified atom stereocenters. The number of aromatic nitrogens is 1. The Balaban J connectivity index is 1.67. The first-order valence-corrected chi connectivity index (χ1v) is 10.6. The summed E-state index contributed by atoms with van der Waals surface area (Å²) in [5.74, 6) is 0. The van der Waals surface area contributed by atoms with Crippen molar-refractivity contribution in [2.24, 2.45) is 0 Å². The maximum Gasteiger partial charge on any atom is 0.251 e. The summed E-state index contributed by atoms with van der Waals surface area (Å²) in [4.78, 5) is 12.9. The van der Waals surface area contributed by atoms with Crippen LogP contribution in [0.3, 0.4) is 0 Å². The zero-order chi connectivity index (χ0) is 19.9. The molecule has 0 bridgehead atoms. The molecule has 0 N–H and O–H groups in total. The Morgan fingerprint density at radius 3 is 2.29 bits per heavy atom. The number of pyridine rings is 1. The number of fused-ring (bicyclic) bond motifs is 1. The molecule has 0 atom stereocenters. The molecule has 0 saturated carbocycles. The van der Waals surface area contributed by atoms with Gasteiger partial charge >= 0.3 is 0 Å². The van der Waals surface area contributed by atoms with E-state index in [-0.39, 0.29) is 23.5 Å². The molecule has 0 spiro atoms. The van der Waals surface area contributed by atoms with Crippen molar-refractivity contribution in [2.75, 3.05) is 0 Å². The highest BCUT2D eigenvalue weighted by Gasteiger charge is 2.32. The van der Waals surface area contributed by atoms with Gasteiger partial charge in [-0.3, -0.25) is 4.79 Å². The lowest BCUT2D eigenvalue weighted by Crippen LogP contribution is -2.25. The number of rotatable bonds is 4. The van der Waals surface area contributed by atoms with E-state index >= 15 is 0 Å². The highest BCUT2D eigenvalue weighted by molar-refractivity contribution is 7.89. The molecule has 144 valence electrons. The fourth-order valence-electron chi connectivity index (χ4n) is 3.65. The number of nitrogens with zero attached hydrogens (tertiary/aromatic N) is 2. The Morgan fingerprint density at radius 1 is 0.929 bits per heavy atom. The van der Waals surface area contributed by atoms with Crippen molar-refractivity contribution in [2.45, 2.75) is 38.4 Å². The van der Waals surface area contributed by atoms with Crippen molar-refractivity contribution in [1.29, 1.82) is 0 Å². The Hall–Kier alpha value is -2.70. The lowest BCUT2D eigenvalue weighted by Gasteiger charge is -2.16. The molecular weight excluding hydrogens is 372 g/mol. The summed E-state index contributed by atoms with van der Waals surface area (Å²) < 4.78 is 29.2. The third-order valence-corrected chi connectivity index (χ3v) is 7.12. The predicted molar refractivity (Wildman–Crippen MR) is 109 cm³/mol. The van der Waals surface area contributed by atoms with E-state index in [2.05, 4.69) is 0 Å². The largest absolute Gasteiger partial charge is 0.308 e. The van der Waals surface area contributed by atoms with E-state index in [4.69, 9.17) is 0 Å². The van der Waals surface area contributed by atoms with E-state index < -0.39 is 10.0 Å². The lowest BCUT2D eigenvalue weighted by molar-refractivity contribution is 0.431. The summed E-state index contributed by atoms with van der Waals surface area (Å²) in [5, 5.41) is 0. The number of sulfonamides is 1. The monoisotopic (exact) mass is 394 g/mol. The Labute approximate surface area is 164 Å². The van der Waals surface area contributed by atoms with Crippen molar-refractivity contribution >= 4 is 10.0 Å². The van der Waals surface area contributed by atoms with Crippen molar-refractivity contribution in [3.05, 3.63) is 99.0 Å². The lowest BCUT2D eigenvalue weighted by atomic mass is 10.1. The zero-order valence-corrected chi connectivity index (χ0v) is 16.7. The van der Waals surface area contributed by atoms with Gasteiger partial charge in [0.25, 0.3) is 5.56 Å². The maximum atomic E-state index is 13.0. The molecule has 2 aromatic carbocycles. The average Bonchev–Trinajstić information content (AvgIpc) is 3.11. The third-order valence-electron chi connectivity index (χ3n) is 5.32. The van der Waals surface area contributed by atoms with Crippen LogP contribution in [-0.4, -0.2) is 17.3 Å². The first kappa shape index (κ1) is 18.7. The van der Waals surface area contributed by atoms with Crippen LogP contribution in [0.1, 0.15) is 27.9 Å². The molecule has 1 aliphatic rings. The van der Waals surface area contributed by atoms with Crippen LogP contribution < -0.4 is 5.56 Å². The first-order chi connectivity index (χ1) is 13.4. The number of hydrogen-bond acceptors (Lipinski definition) is 3. The maximum absolute atomic E-state index is 13.0. The van der Waals surface area contributed by atoms with Gasteiger partial charge in [0.05, 0.1) is 11.4 Å². The fraction of sp³-hybridized carbons (Fsp3) is 0.227. The molecule has 1 aliphatic heterocycles. The third kappa shape index (κ3) is 3.30. The van der Waals surface area contributed by atoms with Crippen molar-refractivity contribution in [3.8, 4) is 0 Å². The number of aryl methyl sites for hydroxylation is 1. The van der Waals surface area contributed by atoms with Gasteiger partial charge in [0.15, 0.2) is 0 Å². The van der Waals surface area contributed by atoms with Crippen LogP contribution in [0.5, 0.6) is 0 Å². The second kappa shape index (κ2) is 7.04. The summed E-state index contributed by atoms with van der Waals surface area (Å²) >= 11 is 0. The van der Waals surface area contributed by atoms with Gasteiger partial charge in [0, 0.05) is 24.8 Å². The van der Waals surface area contributed by atoms with E-state index in [9.17, 15) is 13.2 Å². The van der Waals surface area contributed by atoms with Gasteiger partial charge in [0.1, 0.15) is 0 Å². The van der Waals surface area contributed by atoms with Crippen LogP contribution in [0.25, 0.3) is 0 Å². The zero-order valence-electron chi connectivity index (χ0n) is 15.9. The second-order valence-electron chi connectivity index (χ2n) is 7.23. The van der Waals surface area contributed by atoms with Crippen LogP contribution in [0.2, 0.25) is 0 Å². The summed E-state index contributed by atoms with van der Waals surface area (Å²) in [6.45, 7) is 4.81. The minimum absolute atomic E-state index is 0.102. The van der Waals surface area contributed by atoms with E-state index in [1.54, 1.807) is 34.9 Å². The smallest absolute Gasteiger partial charge is 0.251 e. The molecule has 0 amide bonds. The van der Waals surface area contributed by atoms with Crippen LogP contribution in [0, 0.1) is 13.8 Å². The van der Waals surface area contributed by atoms with Crippen LogP contribution in [-0.2, 0) is 29.7 Å². The highest BCUT2D eigenvalue weighted by atomic mass is 32.2. The van der Waals surface area contributed by atoms with Gasteiger partial charge in [-0.15, -0.1) is 0 Å². The second-order valence-corrected chi connectivity index (χ2v) is 9.17. The minimum Gasteiger partial charge on any atom is -0.308 e. The molecule has 0 fully saturated rings. The van der Waals surface area contributed by atoms with E-state index in [1.807, 2.05) is 44.2 Å². The van der Waals surface area contributed by atoms with Gasteiger partial charge in [-0.05, 0) is 42.7 Å². The quantitative estimate of drug-likeness (QED) is 0.683. The van der Waals surface area contributed by atoms with Gasteiger partial charge in [0.2, 0.25) is 10.0 Å². The standard InChI is InChI=1S/C22H22N2O3S/c1-16-8-10-20(11-9-16)28(26,27)23-14-19-12-22(25)24(17(2)21(19)15-23)13-18-6-4-3-5-7-18/h3-12H,13-15H2,1-2H3. The highest BCUT2D eigenvalue weighted by Crippen LogP contribution is 2.30. The molecule has 0 radical (unpaired) electrons. The number of benzene rings is 2.